The molecule has 10 heteroatoms. The summed E-state index contributed by atoms with van der Waals surface area (Å²) in [4.78, 5) is 33.5. The van der Waals surface area contributed by atoms with Crippen LogP contribution in [0.25, 0.3) is 0 Å². The number of hydrogen-bond acceptors (Lipinski definition) is 6. The molecule has 178 valence electrons. The van der Waals surface area contributed by atoms with E-state index in [2.05, 4.69) is 20.6 Å². The summed E-state index contributed by atoms with van der Waals surface area (Å²) in [7, 11) is 0. The van der Waals surface area contributed by atoms with E-state index in [1.807, 2.05) is 0 Å². The number of aromatic nitrogens is 2. The molecule has 0 radical (unpaired) electrons. The second-order valence-corrected chi connectivity index (χ2v) is 8.70. The number of pyridine rings is 1. The first-order valence-electron chi connectivity index (χ1n) is 10.6. The van der Waals surface area contributed by atoms with Crippen molar-refractivity contribution < 1.29 is 18.7 Å². The van der Waals surface area contributed by atoms with E-state index in [9.17, 15) is 14.0 Å². The maximum Gasteiger partial charge on any atom is 0.270 e. The van der Waals surface area contributed by atoms with Crippen molar-refractivity contribution in [3.05, 3.63) is 105 Å². The van der Waals surface area contributed by atoms with Crippen LogP contribution in [-0.2, 0) is 13.0 Å². The van der Waals surface area contributed by atoms with Gasteiger partial charge in [0.1, 0.15) is 27.8 Å². The summed E-state index contributed by atoms with van der Waals surface area (Å²) in [6.07, 6.45) is 1.90. The number of rotatable bonds is 9. The van der Waals surface area contributed by atoms with Gasteiger partial charge in [-0.1, -0.05) is 29.8 Å². The third kappa shape index (κ3) is 6.62. The molecule has 2 aromatic heterocycles. The molecule has 0 saturated heterocycles. The van der Waals surface area contributed by atoms with E-state index in [1.165, 1.54) is 23.6 Å². The molecule has 0 fully saturated rings. The van der Waals surface area contributed by atoms with Crippen molar-refractivity contribution in [1.82, 2.24) is 20.6 Å². The lowest BCUT2D eigenvalue weighted by atomic mass is 10.1. The van der Waals surface area contributed by atoms with E-state index in [1.54, 1.807) is 60.0 Å². The Kier molecular flexibility index (Phi) is 8.02. The molecule has 0 saturated carbocycles. The predicted molar refractivity (Wildman–Crippen MR) is 131 cm³/mol. The van der Waals surface area contributed by atoms with Gasteiger partial charge in [0.2, 0.25) is 5.88 Å². The lowest BCUT2D eigenvalue weighted by molar-refractivity contribution is 0.0943. The van der Waals surface area contributed by atoms with Crippen LogP contribution < -0.4 is 15.4 Å². The monoisotopic (exact) mass is 510 g/mol. The van der Waals surface area contributed by atoms with E-state index in [0.29, 0.717) is 27.8 Å². The standard InChI is InChI=1S/C25H20ClFN4O3S/c26-17-7-9-18(10-8-17)34-25-19(5-3-12-29-25)23(32)30-14-22-31-21(15-35-22)24(33)28-13-11-16-4-1-2-6-20(16)27/h1-10,12,15H,11,13-14H2,(H,28,33)(H,30,32). The van der Waals surface area contributed by atoms with Crippen LogP contribution in [0, 0.1) is 5.82 Å². The quantitative estimate of drug-likeness (QED) is 0.329. The fraction of sp³-hybridized carbons (Fsp3) is 0.120. The summed E-state index contributed by atoms with van der Waals surface area (Å²) < 4.78 is 19.4. The number of carbonyl (C=O) groups is 2. The summed E-state index contributed by atoms with van der Waals surface area (Å²) in [5.41, 5.74) is 1.02. The number of nitrogens with one attached hydrogen (secondary N) is 2. The van der Waals surface area contributed by atoms with Gasteiger partial charge in [-0.15, -0.1) is 11.3 Å². The van der Waals surface area contributed by atoms with Crippen LogP contribution in [0.4, 0.5) is 4.39 Å². The van der Waals surface area contributed by atoms with Crippen LogP contribution >= 0.6 is 22.9 Å². The van der Waals surface area contributed by atoms with Crippen molar-refractivity contribution in [3.63, 3.8) is 0 Å². The molecule has 0 unspecified atom stereocenters. The van der Waals surface area contributed by atoms with Crippen LogP contribution in [0.5, 0.6) is 11.6 Å². The van der Waals surface area contributed by atoms with Gasteiger partial charge in [0.15, 0.2) is 0 Å². The molecule has 2 amide bonds. The van der Waals surface area contributed by atoms with Gasteiger partial charge in [0.05, 0.1) is 6.54 Å². The van der Waals surface area contributed by atoms with Crippen LogP contribution in [0.1, 0.15) is 31.4 Å². The molecule has 0 atom stereocenters. The Labute approximate surface area is 210 Å². The summed E-state index contributed by atoms with van der Waals surface area (Å²) in [6, 6.07) is 16.4. The molecule has 2 N–H and O–H groups in total. The van der Waals surface area contributed by atoms with E-state index < -0.39 is 5.91 Å². The Morgan fingerprint density at radius 2 is 1.80 bits per heavy atom. The number of benzene rings is 2. The minimum atomic E-state index is -0.395. The zero-order chi connectivity index (χ0) is 24.6. The minimum absolute atomic E-state index is 0.126. The highest BCUT2D eigenvalue weighted by Gasteiger charge is 2.16. The highest BCUT2D eigenvalue weighted by atomic mass is 35.5. The molecule has 0 aliphatic carbocycles. The first-order chi connectivity index (χ1) is 17.0. The zero-order valence-electron chi connectivity index (χ0n) is 18.3. The smallest absolute Gasteiger partial charge is 0.270 e. The molecule has 0 spiro atoms. The molecular weight excluding hydrogens is 491 g/mol. The summed E-state index contributed by atoms with van der Waals surface area (Å²) >= 11 is 7.14. The average Bonchev–Trinajstić information content (AvgIpc) is 3.35. The summed E-state index contributed by atoms with van der Waals surface area (Å²) in [5, 5.41) is 8.23. The molecule has 0 bridgehead atoms. The van der Waals surface area contributed by atoms with Crippen LogP contribution in [0.15, 0.2) is 72.2 Å². The SMILES string of the molecule is O=C(NCCc1ccccc1F)c1csc(CNC(=O)c2cccnc2Oc2ccc(Cl)cc2)n1. The minimum Gasteiger partial charge on any atom is -0.438 e. The first kappa shape index (κ1) is 24.3. The van der Waals surface area contributed by atoms with Crippen molar-refractivity contribution >= 4 is 34.8 Å². The number of carbonyl (C=O) groups excluding carboxylic acids is 2. The third-order valence-electron chi connectivity index (χ3n) is 4.87. The third-order valence-corrected chi connectivity index (χ3v) is 5.97. The topological polar surface area (TPSA) is 93.2 Å². The fourth-order valence-corrected chi connectivity index (χ4v) is 3.95. The Bertz CT molecular complexity index is 1330. The van der Waals surface area contributed by atoms with Gasteiger partial charge in [-0.2, -0.15) is 0 Å². The van der Waals surface area contributed by atoms with Gasteiger partial charge < -0.3 is 15.4 Å². The maximum absolute atomic E-state index is 13.7. The highest BCUT2D eigenvalue weighted by Crippen LogP contribution is 2.24. The summed E-state index contributed by atoms with van der Waals surface area (Å²) in [5.74, 6) is -0.410. The molecule has 2 heterocycles. The van der Waals surface area contributed by atoms with E-state index in [-0.39, 0.29) is 42.0 Å². The number of nitrogens with zero attached hydrogens (tertiary/aromatic N) is 2. The average molecular weight is 511 g/mol. The lowest BCUT2D eigenvalue weighted by Gasteiger charge is -2.10. The highest BCUT2D eigenvalue weighted by molar-refractivity contribution is 7.09. The van der Waals surface area contributed by atoms with E-state index >= 15 is 0 Å². The molecular formula is C25H20ClFN4O3S. The van der Waals surface area contributed by atoms with Gasteiger partial charge in [-0.05, 0) is 54.4 Å². The van der Waals surface area contributed by atoms with Crippen molar-refractivity contribution in [3.8, 4) is 11.6 Å². The molecule has 7 nitrogen and oxygen atoms in total. The largest absolute Gasteiger partial charge is 0.438 e. The van der Waals surface area contributed by atoms with Crippen LogP contribution in [0.2, 0.25) is 5.02 Å². The molecule has 35 heavy (non-hydrogen) atoms. The number of amides is 2. The number of ether oxygens (including phenoxy) is 1. The maximum atomic E-state index is 13.7. The van der Waals surface area contributed by atoms with Gasteiger partial charge in [0, 0.05) is 23.1 Å². The van der Waals surface area contributed by atoms with Gasteiger partial charge in [-0.3, -0.25) is 9.59 Å². The normalized spacial score (nSPS) is 10.6. The van der Waals surface area contributed by atoms with E-state index in [0.717, 1.165) is 0 Å². The van der Waals surface area contributed by atoms with Crippen LogP contribution in [0.3, 0.4) is 0 Å². The number of halogens is 2. The fourth-order valence-electron chi connectivity index (χ4n) is 3.11. The first-order valence-corrected chi connectivity index (χ1v) is 11.9. The molecule has 0 aliphatic heterocycles. The lowest BCUT2D eigenvalue weighted by Crippen LogP contribution is -2.26. The Hall–Kier alpha value is -3.82. The van der Waals surface area contributed by atoms with Crippen molar-refractivity contribution in [2.45, 2.75) is 13.0 Å². The van der Waals surface area contributed by atoms with Gasteiger partial charge in [0.25, 0.3) is 11.8 Å². The second-order valence-electron chi connectivity index (χ2n) is 7.32. The molecule has 4 aromatic rings. The number of hydrogen-bond donors (Lipinski definition) is 2. The van der Waals surface area contributed by atoms with Gasteiger partial charge >= 0.3 is 0 Å². The van der Waals surface area contributed by atoms with Crippen LogP contribution in [-0.4, -0.2) is 28.3 Å². The zero-order valence-corrected chi connectivity index (χ0v) is 19.9. The molecule has 0 aliphatic rings. The Morgan fingerprint density at radius 3 is 2.60 bits per heavy atom. The molecule has 4 rings (SSSR count). The number of thiazole rings is 1. The van der Waals surface area contributed by atoms with Gasteiger partial charge in [-0.25, -0.2) is 14.4 Å². The van der Waals surface area contributed by atoms with Crippen molar-refractivity contribution in [2.24, 2.45) is 0 Å². The van der Waals surface area contributed by atoms with Crippen molar-refractivity contribution in [1.29, 1.82) is 0 Å². The van der Waals surface area contributed by atoms with E-state index in [4.69, 9.17) is 16.3 Å². The van der Waals surface area contributed by atoms with Crippen molar-refractivity contribution in [2.75, 3.05) is 6.54 Å². The molecule has 2 aromatic carbocycles. The second kappa shape index (κ2) is 11.5. The Balaban J connectivity index is 1.31. The predicted octanol–water partition coefficient (Wildman–Crippen LogP) is 5.03. The Morgan fingerprint density at radius 1 is 1.00 bits per heavy atom. The summed E-state index contributed by atoms with van der Waals surface area (Å²) in [6.45, 7) is 0.405.